The summed E-state index contributed by atoms with van der Waals surface area (Å²) in [6, 6.07) is 16.5. The Bertz CT molecular complexity index is 1150. The molecule has 0 unspecified atom stereocenters. The molecule has 0 aliphatic carbocycles. The molecule has 2 aromatic carbocycles. The topological polar surface area (TPSA) is 76.0 Å². The van der Waals surface area contributed by atoms with E-state index in [4.69, 9.17) is 0 Å². The highest BCUT2D eigenvalue weighted by atomic mass is 32.1. The Hall–Kier alpha value is -3.45. The van der Waals surface area contributed by atoms with Gasteiger partial charge in [-0.2, -0.15) is 11.3 Å². The largest absolute Gasteiger partial charge is 0.345 e. The first-order valence-electron chi connectivity index (χ1n) is 8.74. The summed E-state index contributed by atoms with van der Waals surface area (Å²) in [6.07, 6.45) is 0. The second kappa shape index (κ2) is 7.66. The van der Waals surface area contributed by atoms with Crippen molar-refractivity contribution in [3.8, 4) is 0 Å². The molecule has 0 spiro atoms. The Labute approximate surface area is 165 Å². The van der Waals surface area contributed by atoms with Gasteiger partial charge in [-0.05, 0) is 35.7 Å². The fourth-order valence-corrected chi connectivity index (χ4v) is 3.62. The molecule has 6 nitrogen and oxygen atoms in total. The highest BCUT2D eigenvalue weighted by Gasteiger charge is 2.15. The summed E-state index contributed by atoms with van der Waals surface area (Å²) in [7, 11) is 1.92. The number of imidazole rings is 1. The van der Waals surface area contributed by atoms with Crippen molar-refractivity contribution in [2.45, 2.75) is 6.54 Å². The Morgan fingerprint density at radius 3 is 2.61 bits per heavy atom. The van der Waals surface area contributed by atoms with Gasteiger partial charge in [0.25, 0.3) is 11.8 Å². The number of aromatic nitrogens is 2. The molecule has 0 atom stereocenters. The van der Waals surface area contributed by atoms with Gasteiger partial charge in [-0.3, -0.25) is 9.59 Å². The number of hydrogen-bond acceptors (Lipinski definition) is 4. The van der Waals surface area contributed by atoms with Crippen molar-refractivity contribution in [1.82, 2.24) is 14.9 Å². The van der Waals surface area contributed by atoms with E-state index < -0.39 is 0 Å². The first kappa shape index (κ1) is 17.9. The van der Waals surface area contributed by atoms with E-state index in [0.717, 1.165) is 16.9 Å². The van der Waals surface area contributed by atoms with Gasteiger partial charge in [-0.1, -0.05) is 24.3 Å². The summed E-state index contributed by atoms with van der Waals surface area (Å²) >= 11 is 1.45. The van der Waals surface area contributed by atoms with Crippen LogP contribution in [0.25, 0.3) is 11.0 Å². The van der Waals surface area contributed by atoms with Crippen LogP contribution in [0.1, 0.15) is 26.5 Å². The normalized spacial score (nSPS) is 10.8. The average Bonchev–Trinajstić information content (AvgIpc) is 3.36. The minimum atomic E-state index is -0.270. The zero-order chi connectivity index (χ0) is 19.5. The van der Waals surface area contributed by atoms with Crippen LogP contribution in [0.3, 0.4) is 0 Å². The Morgan fingerprint density at radius 2 is 1.82 bits per heavy atom. The fraction of sp³-hybridized carbons (Fsp3) is 0.0952. The van der Waals surface area contributed by atoms with Crippen molar-refractivity contribution in [3.05, 3.63) is 82.3 Å². The fourth-order valence-electron chi connectivity index (χ4n) is 2.99. The lowest BCUT2D eigenvalue weighted by Gasteiger charge is -2.11. The predicted molar refractivity (Wildman–Crippen MR) is 111 cm³/mol. The van der Waals surface area contributed by atoms with E-state index in [1.807, 2.05) is 41.3 Å². The number of nitrogens with one attached hydrogen (secondary N) is 2. The van der Waals surface area contributed by atoms with Gasteiger partial charge >= 0.3 is 0 Å². The standard InChI is InChI=1S/C21H18N4O2S/c1-25-18-9-5-4-8-17(18)23-19(25)12-22-21(27)15-6-2-3-7-16(15)24-20(26)14-10-11-28-13-14/h2-11,13H,12H2,1H3,(H,22,27)(H,24,26). The predicted octanol–water partition coefficient (Wildman–Crippen LogP) is 3.82. The van der Waals surface area contributed by atoms with E-state index in [-0.39, 0.29) is 18.4 Å². The van der Waals surface area contributed by atoms with Crippen molar-refractivity contribution < 1.29 is 9.59 Å². The van der Waals surface area contributed by atoms with Gasteiger partial charge in [0.05, 0.1) is 34.4 Å². The summed E-state index contributed by atoms with van der Waals surface area (Å²) in [5.41, 5.74) is 3.35. The van der Waals surface area contributed by atoms with E-state index in [2.05, 4.69) is 15.6 Å². The van der Waals surface area contributed by atoms with Crippen LogP contribution >= 0.6 is 11.3 Å². The average molecular weight is 390 g/mol. The first-order valence-corrected chi connectivity index (χ1v) is 9.69. The number of para-hydroxylation sites is 3. The molecule has 4 aromatic rings. The number of amides is 2. The molecular formula is C21H18N4O2S. The molecule has 2 heterocycles. The van der Waals surface area contributed by atoms with E-state index in [9.17, 15) is 9.59 Å². The van der Waals surface area contributed by atoms with Gasteiger partial charge in [0.2, 0.25) is 0 Å². The lowest BCUT2D eigenvalue weighted by Crippen LogP contribution is -2.26. The highest BCUT2D eigenvalue weighted by molar-refractivity contribution is 7.08. The number of carbonyl (C=O) groups is 2. The number of hydrogen-bond donors (Lipinski definition) is 2. The third-order valence-corrected chi connectivity index (χ3v) is 5.17. The van der Waals surface area contributed by atoms with Gasteiger partial charge in [0, 0.05) is 12.4 Å². The van der Waals surface area contributed by atoms with Crippen LogP contribution in [-0.2, 0) is 13.6 Å². The van der Waals surface area contributed by atoms with Crippen molar-refractivity contribution in [1.29, 1.82) is 0 Å². The molecule has 0 radical (unpaired) electrons. The molecule has 0 fully saturated rings. The van der Waals surface area contributed by atoms with Gasteiger partial charge in [0.15, 0.2) is 0 Å². The molecule has 140 valence electrons. The van der Waals surface area contributed by atoms with E-state index in [0.29, 0.717) is 16.8 Å². The molecule has 0 aliphatic heterocycles. The van der Waals surface area contributed by atoms with Crippen molar-refractivity contribution in [2.75, 3.05) is 5.32 Å². The van der Waals surface area contributed by atoms with Gasteiger partial charge < -0.3 is 15.2 Å². The molecule has 0 bridgehead atoms. The quantitative estimate of drug-likeness (QED) is 0.544. The van der Waals surface area contributed by atoms with Crippen LogP contribution in [0.5, 0.6) is 0 Å². The van der Waals surface area contributed by atoms with Crippen LogP contribution < -0.4 is 10.6 Å². The number of benzene rings is 2. The van der Waals surface area contributed by atoms with Crippen molar-refractivity contribution in [2.24, 2.45) is 7.05 Å². The minimum Gasteiger partial charge on any atom is -0.345 e. The van der Waals surface area contributed by atoms with E-state index in [1.165, 1.54) is 11.3 Å². The second-order valence-corrected chi connectivity index (χ2v) is 7.05. The van der Waals surface area contributed by atoms with Crippen LogP contribution in [0, 0.1) is 0 Å². The van der Waals surface area contributed by atoms with Gasteiger partial charge in [0.1, 0.15) is 5.82 Å². The van der Waals surface area contributed by atoms with Crippen LogP contribution in [0.15, 0.2) is 65.4 Å². The molecule has 0 saturated carbocycles. The van der Waals surface area contributed by atoms with E-state index in [1.54, 1.807) is 35.7 Å². The number of aryl methyl sites for hydroxylation is 1. The zero-order valence-electron chi connectivity index (χ0n) is 15.2. The Morgan fingerprint density at radius 1 is 1.04 bits per heavy atom. The third-order valence-electron chi connectivity index (χ3n) is 4.49. The summed E-state index contributed by atoms with van der Waals surface area (Å²) in [5, 5.41) is 9.31. The minimum absolute atomic E-state index is 0.239. The SMILES string of the molecule is Cn1c(CNC(=O)c2ccccc2NC(=O)c2ccsc2)nc2ccccc21. The van der Waals surface area contributed by atoms with Crippen LogP contribution in [0.2, 0.25) is 0 Å². The number of anilines is 1. The lowest BCUT2D eigenvalue weighted by atomic mass is 10.1. The monoisotopic (exact) mass is 390 g/mol. The Balaban J connectivity index is 1.50. The summed E-state index contributed by atoms with van der Waals surface area (Å²) in [6.45, 7) is 0.289. The summed E-state index contributed by atoms with van der Waals surface area (Å²) in [4.78, 5) is 29.6. The van der Waals surface area contributed by atoms with E-state index >= 15 is 0 Å². The maximum absolute atomic E-state index is 12.7. The van der Waals surface area contributed by atoms with Crippen molar-refractivity contribution in [3.63, 3.8) is 0 Å². The second-order valence-electron chi connectivity index (χ2n) is 6.27. The zero-order valence-corrected chi connectivity index (χ0v) is 16.0. The van der Waals surface area contributed by atoms with Crippen LogP contribution in [0.4, 0.5) is 5.69 Å². The molecule has 0 aliphatic rings. The molecule has 7 heteroatoms. The number of nitrogens with zero attached hydrogens (tertiary/aromatic N) is 2. The number of carbonyl (C=O) groups excluding carboxylic acids is 2. The number of fused-ring (bicyclic) bond motifs is 1. The molecule has 2 aromatic heterocycles. The lowest BCUT2D eigenvalue weighted by molar-refractivity contribution is 0.0950. The third kappa shape index (κ3) is 3.52. The Kier molecular flexibility index (Phi) is 4.90. The number of thiophene rings is 1. The molecule has 28 heavy (non-hydrogen) atoms. The van der Waals surface area contributed by atoms with Gasteiger partial charge in [-0.25, -0.2) is 4.98 Å². The maximum atomic E-state index is 12.7. The van der Waals surface area contributed by atoms with Gasteiger partial charge in [-0.15, -0.1) is 0 Å². The molecular weight excluding hydrogens is 372 g/mol. The molecule has 4 rings (SSSR count). The van der Waals surface area contributed by atoms with Crippen molar-refractivity contribution >= 4 is 39.9 Å². The number of rotatable bonds is 5. The highest BCUT2D eigenvalue weighted by Crippen LogP contribution is 2.18. The summed E-state index contributed by atoms with van der Waals surface area (Å²) in [5.74, 6) is 0.250. The first-order chi connectivity index (χ1) is 13.6. The summed E-state index contributed by atoms with van der Waals surface area (Å²) < 4.78 is 1.96. The smallest absolute Gasteiger partial charge is 0.256 e. The molecule has 2 N–H and O–H groups in total. The molecule has 0 saturated heterocycles. The molecule has 2 amide bonds. The van der Waals surface area contributed by atoms with Crippen LogP contribution in [-0.4, -0.2) is 21.4 Å². The maximum Gasteiger partial charge on any atom is 0.256 e.